The van der Waals surface area contributed by atoms with Gasteiger partial charge in [0.1, 0.15) is 11.6 Å². The molecule has 9 heteroatoms. The monoisotopic (exact) mass is 589 g/mol. The van der Waals surface area contributed by atoms with E-state index in [1.807, 2.05) is 101 Å². The van der Waals surface area contributed by atoms with Crippen LogP contribution in [0.1, 0.15) is 37.7 Å². The lowest BCUT2D eigenvalue weighted by Crippen LogP contribution is -2.29. The molecule has 1 aromatic heterocycles. The van der Waals surface area contributed by atoms with Crippen molar-refractivity contribution in [1.29, 1.82) is 0 Å². The van der Waals surface area contributed by atoms with E-state index >= 15 is 0 Å². The summed E-state index contributed by atoms with van der Waals surface area (Å²) in [5.74, 6) is 0.710. The first kappa shape index (κ1) is 28.0. The smallest absolute Gasteiger partial charge is 0.282 e. The molecule has 0 aliphatic rings. The molecular formula is C30H32BrN5O3. The highest BCUT2D eigenvalue weighted by Crippen LogP contribution is 2.26. The number of aryl methyl sites for hydroxylation is 1. The number of anilines is 2. The largest absolute Gasteiger partial charge is 0.483 e. The van der Waals surface area contributed by atoms with Gasteiger partial charge < -0.3 is 15.0 Å². The number of nitrogens with one attached hydrogen (secondary N) is 1. The number of fused-ring (bicyclic) bond motifs is 1. The predicted octanol–water partition coefficient (Wildman–Crippen LogP) is 5.73. The summed E-state index contributed by atoms with van der Waals surface area (Å²) in [6.07, 6.45) is 1.56. The minimum absolute atomic E-state index is 0.190. The Balaban J connectivity index is 1.68. The summed E-state index contributed by atoms with van der Waals surface area (Å²) in [5, 5.41) is 7.87. The molecule has 0 unspecified atom stereocenters. The molecule has 0 fully saturated rings. The van der Waals surface area contributed by atoms with E-state index in [1.54, 1.807) is 12.3 Å². The van der Waals surface area contributed by atoms with Gasteiger partial charge in [-0.05, 0) is 49.4 Å². The van der Waals surface area contributed by atoms with Crippen LogP contribution in [0.5, 0.6) is 5.75 Å². The van der Waals surface area contributed by atoms with E-state index in [1.165, 1.54) is 4.68 Å². The third-order valence-electron chi connectivity index (χ3n) is 6.00. The summed E-state index contributed by atoms with van der Waals surface area (Å²) < 4.78 is 8.07. The van der Waals surface area contributed by atoms with Crippen LogP contribution in [0.15, 0.2) is 75.0 Å². The molecule has 0 radical (unpaired) electrons. The Labute approximate surface area is 236 Å². The van der Waals surface area contributed by atoms with Gasteiger partial charge in [-0.15, -0.1) is 0 Å². The number of benzene rings is 3. The van der Waals surface area contributed by atoms with Crippen LogP contribution in [0.4, 0.5) is 11.4 Å². The molecule has 0 saturated carbocycles. The van der Waals surface area contributed by atoms with Crippen LogP contribution >= 0.6 is 15.9 Å². The molecule has 0 aliphatic carbocycles. The highest BCUT2D eigenvalue weighted by atomic mass is 79.9. The van der Waals surface area contributed by atoms with Gasteiger partial charge in [0.2, 0.25) is 0 Å². The highest BCUT2D eigenvalue weighted by molar-refractivity contribution is 9.10. The summed E-state index contributed by atoms with van der Waals surface area (Å²) in [7, 11) is 3.84. The van der Waals surface area contributed by atoms with E-state index in [0.717, 1.165) is 15.7 Å². The Hall–Kier alpha value is -3.98. The fraction of sp³-hybridized carbons (Fsp3) is 0.267. The van der Waals surface area contributed by atoms with Crippen molar-refractivity contribution in [3.05, 3.63) is 92.4 Å². The lowest BCUT2D eigenvalue weighted by Gasteiger charge is -2.21. The van der Waals surface area contributed by atoms with Crippen LogP contribution in [0.3, 0.4) is 0 Å². The lowest BCUT2D eigenvalue weighted by molar-refractivity contribution is -0.118. The SMILES string of the molecule is Cc1ccc(NC(=O)COc2cc(N(C)C)ccc2C=Nn2c(C(C)(C)C)nc3ccc(Br)cc3c2=O)cc1. The average molecular weight is 591 g/mol. The third kappa shape index (κ3) is 6.72. The zero-order valence-corrected chi connectivity index (χ0v) is 24.5. The molecule has 3 aromatic carbocycles. The minimum Gasteiger partial charge on any atom is -0.483 e. The van der Waals surface area contributed by atoms with Crippen molar-refractivity contribution in [1.82, 2.24) is 9.66 Å². The fourth-order valence-corrected chi connectivity index (χ4v) is 4.23. The number of rotatable bonds is 7. The van der Waals surface area contributed by atoms with Crippen LogP contribution < -0.4 is 20.5 Å². The molecule has 0 spiro atoms. The van der Waals surface area contributed by atoms with Crippen molar-refractivity contribution in [3.8, 4) is 5.75 Å². The molecule has 4 aromatic rings. The van der Waals surface area contributed by atoms with Crippen molar-refractivity contribution in [3.63, 3.8) is 0 Å². The Bertz CT molecular complexity index is 1600. The van der Waals surface area contributed by atoms with Gasteiger partial charge in [0.15, 0.2) is 6.61 Å². The standard InChI is InChI=1S/C30H32BrN5O3/c1-19-7-11-22(12-8-19)33-27(37)18-39-26-16-23(35(5)6)13-9-20(26)17-32-36-28(38)24-15-21(31)10-14-25(24)34-29(36)30(2,3)4/h7-17H,18H2,1-6H3,(H,33,37). The number of halogens is 1. The maximum atomic E-state index is 13.5. The van der Waals surface area contributed by atoms with Gasteiger partial charge in [-0.25, -0.2) is 4.98 Å². The van der Waals surface area contributed by atoms with Gasteiger partial charge in [-0.1, -0.05) is 54.4 Å². The van der Waals surface area contributed by atoms with E-state index in [2.05, 4.69) is 26.3 Å². The Morgan fingerprint density at radius 1 is 1.10 bits per heavy atom. The van der Waals surface area contributed by atoms with Gasteiger partial charge in [0.25, 0.3) is 11.5 Å². The summed E-state index contributed by atoms with van der Waals surface area (Å²) in [6, 6.07) is 18.6. The first-order chi connectivity index (χ1) is 18.4. The molecule has 202 valence electrons. The van der Waals surface area contributed by atoms with Gasteiger partial charge in [0.05, 0.1) is 17.1 Å². The van der Waals surface area contributed by atoms with Gasteiger partial charge in [-0.2, -0.15) is 9.78 Å². The Morgan fingerprint density at radius 3 is 2.49 bits per heavy atom. The zero-order chi connectivity index (χ0) is 28.3. The average Bonchev–Trinajstić information content (AvgIpc) is 2.88. The first-order valence-electron chi connectivity index (χ1n) is 12.5. The van der Waals surface area contributed by atoms with Crippen molar-refractivity contribution < 1.29 is 9.53 Å². The van der Waals surface area contributed by atoms with Crippen molar-refractivity contribution in [2.24, 2.45) is 5.10 Å². The second kappa shape index (κ2) is 11.4. The van der Waals surface area contributed by atoms with E-state index in [9.17, 15) is 9.59 Å². The van der Waals surface area contributed by atoms with Crippen LogP contribution in [-0.2, 0) is 10.2 Å². The van der Waals surface area contributed by atoms with Crippen molar-refractivity contribution >= 4 is 50.3 Å². The van der Waals surface area contributed by atoms with Gasteiger partial charge in [-0.3, -0.25) is 9.59 Å². The fourth-order valence-electron chi connectivity index (χ4n) is 3.87. The molecule has 39 heavy (non-hydrogen) atoms. The summed E-state index contributed by atoms with van der Waals surface area (Å²) in [4.78, 5) is 32.8. The van der Waals surface area contributed by atoms with Crippen LogP contribution in [-0.4, -0.2) is 42.5 Å². The maximum Gasteiger partial charge on any atom is 0.282 e. The Morgan fingerprint density at radius 2 is 1.82 bits per heavy atom. The molecule has 1 heterocycles. The molecule has 8 nitrogen and oxygen atoms in total. The molecule has 1 amide bonds. The summed E-state index contributed by atoms with van der Waals surface area (Å²) in [5.41, 5.74) is 3.21. The zero-order valence-electron chi connectivity index (χ0n) is 22.9. The molecular weight excluding hydrogens is 558 g/mol. The number of carbonyl (C=O) groups excluding carboxylic acids is 1. The van der Waals surface area contributed by atoms with E-state index < -0.39 is 5.41 Å². The second-order valence-electron chi connectivity index (χ2n) is 10.5. The molecule has 0 saturated heterocycles. The van der Waals surface area contributed by atoms with Crippen molar-refractivity contribution in [2.45, 2.75) is 33.1 Å². The molecule has 0 bridgehead atoms. The third-order valence-corrected chi connectivity index (χ3v) is 6.49. The molecule has 0 aliphatic heterocycles. The maximum absolute atomic E-state index is 13.5. The lowest BCUT2D eigenvalue weighted by atomic mass is 9.95. The summed E-state index contributed by atoms with van der Waals surface area (Å²) >= 11 is 3.44. The number of amides is 1. The number of hydrogen-bond acceptors (Lipinski definition) is 6. The second-order valence-corrected chi connectivity index (χ2v) is 11.4. The Kier molecular flexibility index (Phi) is 8.20. The quantitative estimate of drug-likeness (QED) is 0.278. The number of carbonyl (C=O) groups is 1. The van der Waals surface area contributed by atoms with E-state index in [0.29, 0.717) is 33.7 Å². The topological polar surface area (TPSA) is 88.8 Å². The predicted molar refractivity (Wildman–Crippen MR) is 161 cm³/mol. The number of hydrogen-bond donors (Lipinski definition) is 1. The molecule has 1 N–H and O–H groups in total. The molecule has 4 rings (SSSR count). The number of aromatic nitrogens is 2. The van der Waals surface area contributed by atoms with Crippen LogP contribution in [0.25, 0.3) is 10.9 Å². The van der Waals surface area contributed by atoms with E-state index in [4.69, 9.17) is 9.72 Å². The van der Waals surface area contributed by atoms with Crippen molar-refractivity contribution in [2.75, 3.05) is 30.9 Å². The number of ether oxygens (including phenoxy) is 1. The van der Waals surface area contributed by atoms with Gasteiger partial charge in [0, 0.05) is 47.0 Å². The number of nitrogens with zero attached hydrogens (tertiary/aromatic N) is 4. The van der Waals surface area contributed by atoms with Crippen LogP contribution in [0.2, 0.25) is 0 Å². The minimum atomic E-state index is -0.445. The summed E-state index contributed by atoms with van der Waals surface area (Å²) in [6.45, 7) is 7.75. The molecule has 0 atom stereocenters. The van der Waals surface area contributed by atoms with E-state index in [-0.39, 0.29) is 18.1 Å². The van der Waals surface area contributed by atoms with Gasteiger partial charge >= 0.3 is 0 Å². The first-order valence-corrected chi connectivity index (χ1v) is 13.3. The van der Waals surface area contributed by atoms with Crippen LogP contribution in [0, 0.1) is 6.92 Å². The highest BCUT2D eigenvalue weighted by Gasteiger charge is 2.23. The normalized spacial score (nSPS) is 11.7.